The van der Waals surface area contributed by atoms with Crippen LogP contribution in [0.4, 0.5) is 0 Å². The number of hydrogen-bond donors (Lipinski definition) is 2. The summed E-state index contributed by atoms with van der Waals surface area (Å²) < 4.78 is 5.31. The third kappa shape index (κ3) is 3.52. The minimum atomic E-state index is 0.136. The highest BCUT2D eigenvalue weighted by atomic mass is 16.3. The van der Waals surface area contributed by atoms with Crippen LogP contribution in [0.3, 0.4) is 0 Å². The van der Waals surface area contributed by atoms with Gasteiger partial charge < -0.3 is 14.8 Å². The highest BCUT2D eigenvalue weighted by Gasteiger charge is 2.12. The summed E-state index contributed by atoms with van der Waals surface area (Å²) in [5, 5.41) is 12.3. The highest BCUT2D eigenvalue weighted by Crippen LogP contribution is 2.16. The van der Waals surface area contributed by atoms with Crippen LogP contribution in [-0.2, 0) is 0 Å². The van der Waals surface area contributed by atoms with Gasteiger partial charge in [0, 0.05) is 6.61 Å². The molecule has 1 heterocycles. The first-order chi connectivity index (χ1) is 6.74. The third-order valence-corrected chi connectivity index (χ3v) is 2.08. The standard InChI is InChI=1S/C11H19NO2/c1-9(2)8-12-10(5-6-13)11-4-3-7-14-11/h3-4,7,9-10,12-13H,5-6,8H2,1-2H3. The molecular formula is C11H19NO2. The van der Waals surface area contributed by atoms with E-state index in [1.54, 1.807) is 6.26 Å². The number of furan rings is 1. The number of aliphatic hydroxyl groups is 1. The summed E-state index contributed by atoms with van der Waals surface area (Å²) in [5.41, 5.74) is 0. The monoisotopic (exact) mass is 197 g/mol. The van der Waals surface area contributed by atoms with E-state index in [1.165, 1.54) is 0 Å². The Kier molecular flexibility index (Phi) is 4.70. The van der Waals surface area contributed by atoms with E-state index in [4.69, 9.17) is 9.52 Å². The van der Waals surface area contributed by atoms with Crippen LogP contribution in [0, 0.1) is 5.92 Å². The van der Waals surface area contributed by atoms with Crippen LogP contribution in [0.5, 0.6) is 0 Å². The molecule has 3 heteroatoms. The van der Waals surface area contributed by atoms with Crippen molar-refractivity contribution in [2.45, 2.75) is 26.3 Å². The normalized spacial score (nSPS) is 13.4. The van der Waals surface area contributed by atoms with Crippen LogP contribution >= 0.6 is 0 Å². The summed E-state index contributed by atoms with van der Waals surface area (Å²) >= 11 is 0. The lowest BCUT2D eigenvalue weighted by atomic mass is 10.1. The Morgan fingerprint density at radius 3 is 2.79 bits per heavy atom. The van der Waals surface area contributed by atoms with Crippen LogP contribution in [0.1, 0.15) is 32.1 Å². The van der Waals surface area contributed by atoms with Crippen molar-refractivity contribution in [1.29, 1.82) is 0 Å². The lowest BCUT2D eigenvalue weighted by Crippen LogP contribution is -2.25. The number of rotatable bonds is 6. The Hall–Kier alpha value is -0.800. The first-order valence-corrected chi connectivity index (χ1v) is 5.11. The molecule has 0 aliphatic heterocycles. The van der Waals surface area contributed by atoms with Gasteiger partial charge in [0.25, 0.3) is 0 Å². The molecule has 0 aliphatic rings. The fourth-order valence-corrected chi connectivity index (χ4v) is 1.34. The van der Waals surface area contributed by atoms with Gasteiger partial charge in [0.05, 0.1) is 12.3 Å². The second-order valence-corrected chi connectivity index (χ2v) is 3.88. The molecule has 0 aromatic carbocycles. The maximum absolute atomic E-state index is 8.92. The van der Waals surface area contributed by atoms with Gasteiger partial charge in [-0.1, -0.05) is 13.8 Å². The molecule has 0 amide bonds. The lowest BCUT2D eigenvalue weighted by Gasteiger charge is -2.16. The van der Waals surface area contributed by atoms with Crippen molar-refractivity contribution in [2.75, 3.05) is 13.2 Å². The summed E-state index contributed by atoms with van der Waals surface area (Å²) in [6.07, 6.45) is 2.36. The minimum Gasteiger partial charge on any atom is -0.468 e. The Labute approximate surface area is 85.1 Å². The molecule has 1 aromatic rings. The summed E-state index contributed by atoms with van der Waals surface area (Å²) in [6, 6.07) is 3.95. The van der Waals surface area contributed by atoms with E-state index in [0.29, 0.717) is 12.3 Å². The molecule has 80 valence electrons. The fourth-order valence-electron chi connectivity index (χ4n) is 1.34. The molecule has 0 spiro atoms. The molecule has 0 fully saturated rings. The molecular weight excluding hydrogens is 178 g/mol. The molecule has 14 heavy (non-hydrogen) atoms. The van der Waals surface area contributed by atoms with Crippen molar-refractivity contribution in [1.82, 2.24) is 5.32 Å². The van der Waals surface area contributed by atoms with Crippen LogP contribution in [0.25, 0.3) is 0 Å². The fraction of sp³-hybridized carbons (Fsp3) is 0.636. The molecule has 0 aliphatic carbocycles. The molecule has 2 N–H and O–H groups in total. The SMILES string of the molecule is CC(C)CNC(CCO)c1ccco1. The van der Waals surface area contributed by atoms with E-state index in [1.807, 2.05) is 12.1 Å². The second-order valence-electron chi connectivity index (χ2n) is 3.88. The molecule has 1 aromatic heterocycles. The van der Waals surface area contributed by atoms with Gasteiger partial charge in [0.2, 0.25) is 0 Å². The van der Waals surface area contributed by atoms with E-state index in [9.17, 15) is 0 Å². The average molecular weight is 197 g/mol. The predicted octanol–water partition coefficient (Wildman–Crippen LogP) is 1.95. The predicted molar refractivity (Wildman–Crippen MR) is 56.0 cm³/mol. The van der Waals surface area contributed by atoms with E-state index < -0.39 is 0 Å². The Bertz CT molecular complexity index is 231. The first kappa shape index (κ1) is 11.3. The van der Waals surface area contributed by atoms with E-state index in [2.05, 4.69) is 19.2 Å². The summed E-state index contributed by atoms with van der Waals surface area (Å²) in [4.78, 5) is 0. The van der Waals surface area contributed by atoms with Gasteiger partial charge in [-0.25, -0.2) is 0 Å². The quantitative estimate of drug-likeness (QED) is 0.732. The summed E-state index contributed by atoms with van der Waals surface area (Å²) in [5.74, 6) is 1.51. The third-order valence-electron chi connectivity index (χ3n) is 2.08. The van der Waals surface area contributed by atoms with Crippen LogP contribution in [0.15, 0.2) is 22.8 Å². The van der Waals surface area contributed by atoms with Gasteiger partial charge in [0.15, 0.2) is 0 Å². The minimum absolute atomic E-state index is 0.136. The maximum atomic E-state index is 8.92. The number of nitrogens with one attached hydrogen (secondary N) is 1. The number of aliphatic hydroxyl groups excluding tert-OH is 1. The molecule has 3 nitrogen and oxygen atoms in total. The Balaban J connectivity index is 2.47. The van der Waals surface area contributed by atoms with Gasteiger partial charge in [-0.05, 0) is 31.0 Å². The van der Waals surface area contributed by atoms with Crippen molar-refractivity contribution in [3.05, 3.63) is 24.2 Å². The molecule has 0 saturated carbocycles. The van der Waals surface area contributed by atoms with Crippen molar-refractivity contribution < 1.29 is 9.52 Å². The highest BCUT2D eigenvalue weighted by molar-refractivity contribution is 5.04. The molecule has 0 saturated heterocycles. The van der Waals surface area contributed by atoms with Crippen molar-refractivity contribution in [2.24, 2.45) is 5.92 Å². The topological polar surface area (TPSA) is 45.4 Å². The van der Waals surface area contributed by atoms with Crippen LogP contribution < -0.4 is 5.32 Å². The Morgan fingerprint density at radius 2 is 2.29 bits per heavy atom. The average Bonchev–Trinajstić information content (AvgIpc) is 2.64. The zero-order chi connectivity index (χ0) is 10.4. The van der Waals surface area contributed by atoms with Gasteiger partial charge in [-0.15, -0.1) is 0 Å². The van der Waals surface area contributed by atoms with Crippen molar-refractivity contribution in [3.8, 4) is 0 Å². The molecule has 0 bridgehead atoms. The lowest BCUT2D eigenvalue weighted by molar-refractivity contribution is 0.252. The zero-order valence-electron chi connectivity index (χ0n) is 8.86. The smallest absolute Gasteiger partial charge is 0.120 e. The Morgan fingerprint density at radius 1 is 1.50 bits per heavy atom. The van der Waals surface area contributed by atoms with E-state index in [0.717, 1.165) is 12.3 Å². The maximum Gasteiger partial charge on any atom is 0.120 e. The number of hydrogen-bond acceptors (Lipinski definition) is 3. The van der Waals surface area contributed by atoms with Crippen LogP contribution in [0.2, 0.25) is 0 Å². The molecule has 1 atom stereocenters. The molecule has 1 unspecified atom stereocenters. The van der Waals surface area contributed by atoms with Crippen molar-refractivity contribution in [3.63, 3.8) is 0 Å². The zero-order valence-corrected chi connectivity index (χ0v) is 8.86. The van der Waals surface area contributed by atoms with Gasteiger partial charge in [0.1, 0.15) is 5.76 Å². The second kappa shape index (κ2) is 5.83. The van der Waals surface area contributed by atoms with Gasteiger partial charge in [-0.3, -0.25) is 0 Å². The van der Waals surface area contributed by atoms with Crippen LogP contribution in [-0.4, -0.2) is 18.3 Å². The largest absolute Gasteiger partial charge is 0.468 e. The molecule has 0 radical (unpaired) electrons. The van der Waals surface area contributed by atoms with E-state index in [-0.39, 0.29) is 12.6 Å². The van der Waals surface area contributed by atoms with E-state index >= 15 is 0 Å². The van der Waals surface area contributed by atoms with Gasteiger partial charge in [-0.2, -0.15) is 0 Å². The first-order valence-electron chi connectivity index (χ1n) is 5.11. The van der Waals surface area contributed by atoms with Crippen molar-refractivity contribution >= 4 is 0 Å². The van der Waals surface area contributed by atoms with Gasteiger partial charge >= 0.3 is 0 Å². The summed E-state index contributed by atoms with van der Waals surface area (Å²) in [6.45, 7) is 5.43. The summed E-state index contributed by atoms with van der Waals surface area (Å²) in [7, 11) is 0. The molecule has 1 rings (SSSR count).